The number of hydrogen-bond donors (Lipinski definition) is 1. The van der Waals surface area contributed by atoms with Crippen LogP contribution in [0.15, 0.2) is 0 Å². The predicted molar refractivity (Wildman–Crippen MR) is 57.0 cm³/mol. The lowest BCUT2D eigenvalue weighted by Crippen LogP contribution is -2.21. The van der Waals surface area contributed by atoms with E-state index in [1.165, 1.54) is 0 Å². The maximum Gasteiger partial charge on any atom is 0.150 e. The van der Waals surface area contributed by atoms with Gasteiger partial charge in [-0.1, -0.05) is 6.92 Å². The van der Waals surface area contributed by atoms with Crippen molar-refractivity contribution >= 4 is 9.84 Å². The van der Waals surface area contributed by atoms with E-state index in [4.69, 9.17) is 0 Å². The minimum atomic E-state index is -2.68. The van der Waals surface area contributed by atoms with Crippen LogP contribution in [0.5, 0.6) is 0 Å². The van der Waals surface area contributed by atoms with Crippen LogP contribution in [-0.4, -0.2) is 33.0 Å². The highest BCUT2D eigenvalue weighted by atomic mass is 32.2. The van der Waals surface area contributed by atoms with Crippen LogP contribution in [0.25, 0.3) is 0 Å². The minimum Gasteiger partial charge on any atom is -0.316 e. The fourth-order valence-corrected chi connectivity index (χ4v) is 4.83. The normalized spacial score (nSPS) is 39.1. The third kappa shape index (κ3) is 1.96. The lowest BCUT2D eigenvalue weighted by atomic mass is 10.0. The van der Waals surface area contributed by atoms with E-state index in [-0.39, 0.29) is 5.41 Å². The Morgan fingerprint density at radius 3 is 2.86 bits per heavy atom. The van der Waals surface area contributed by atoms with Gasteiger partial charge in [0.15, 0.2) is 9.84 Å². The lowest BCUT2D eigenvalue weighted by Gasteiger charge is -2.06. The van der Waals surface area contributed by atoms with Crippen molar-refractivity contribution in [2.24, 2.45) is 11.3 Å². The first-order valence-electron chi connectivity index (χ1n) is 5.49. The van der Waals surface area contributed by atoms with Crippen molar-refractivity contribution in [3.05, 3.63) is 0 Å². The van der Waals surface area contributed by atoms with E-state index in [0.29, 0.717) is 17.4 Å². The Morgan fingerprint density at radius 1 is 1.50 bits per heavy atom. The highest BCUT2D eigenvalue weighted by molar-refractivity contribution is 7.91. The SMILES string of the molecule is CCCNCC1CC12CCS(=O)(=O)C2. The maximum absolute atomic E-state index is 11.3. The van der Waals surface area contributed by atoms with Gasteiger partial charge in [-0.3, -0.25) is 0 Å². The van der Waals surface area contributed by atoms with Gasteiger partial charge >= 0.3 is 0 Å². The van der Waals surface area contributed by atoms with Gasteiger partial charge in [-0.25, -0.2) is 8.42 Å². The summed E-state index contributed by atoms with van der Waals surface area (Å²) in [7, 11) is -2.68. The lowest BCUT2D eigenvalue weighted by molar-refractivity contribution is 0.487. The number of rotatable bonds is 4. The molecule has 1 aliphatic carbocycles. The molecule has 1 spiro atoms. The van der Waals surface area contributed by atoms with E-state index in [0.717, 1.165) is 32.4 Å². The molecule has 2 atom stereocenters. The van der Waals surface area contributed by atoms with Gasteiger partial charge < -0.3 is 5.32 Å². The van der Waals surface area contributed by atoms with Gasteiger partial charge in [0.1, 0.15) is 0 Å². The summed E-state index contributed by atoms with van der Waals surface area (Å²) in [6.45, 7) is 4.22. The molecule has 0 bridgehead atoms. The third-order valence-corrected chi connectivity index (χ3v) is 5.44. The fourth-order valence-electron chi connectivity index (χ4n) is 2.60. The summed E-state index contributed by atoms with van der Waals surface area (Å²) in [4.78, 5) is 0. The van der Waals surface area contributed by atoms with Gasteiger partial charge in [0, 0.05) is 0 Å². The molecule has 0 aromatic rings. The van der Waals surface area contributed by atoms with E-state index in [1.807, 2.05) is 0 Å². The predicted octanol–water partition coefficient (Wildman–Crippen LogP) is 0.811. The Balaban J connectivity index is 1.81. The second-order valence-corrected chi connectivity index (χ2v) is 6.99. The number of sulfone groups is 1. The molecule has 1 saturated carbocycles. The molecule has 3 nitrogen and oxygen atoms in total. The summed E-state index contributed by atoms with van der Waals surface area (Å²) >= 11 is 0. The fraction of sp³-hybridized carbons (Fsp3) is 1.00. The van der Waals surface area contributed by atoms with Crippen LogP contribution in [0.4, 0.5) is 0 Å². The van der Waals surface area contributed by atoms with Crippen LogP contribution in [0, 0.1) is 11.3 Å². The maximum atomic E-state index is 11.3. The van der Waals surface area contributed by atoms with Crippen LogP contribution in [0.2, 0.25) is 0 Å². The van der Waals surface area contributed by atoms with Gasteiger partial charge in [0.2, 0.25) is 0 Å². The van der Waals surface area contributed by atoms with Gasteiger partial charge in [0.05, 0.1) is 11.5 Å². The van der Waals surface area contributed by atoms with Crippen LogP contribution < -0.4 is 5.32 Å². The van der Waals surface area contributed by atoms with Crippen molar-refractivity contribution in [2.45, 2.75) is 26.2 Å². The van der Waals surface area contributed by atoms with E-state index < -0.39 is 9.84 Å². The molecule has 2 fully saturated rings. The van der Waals surface area contributed by atoms with Crippen molar-refractivity contribution in [3.8, 4) is 0 Å². The number of hydrogen-bond acceptors (Lipinski definition) is 3. The molecule has 0 aromatic carbocycles. The third-order valence-electron chi connectivity index (χ3n) is 3.59. The Kier molecular flexibility index (Phi) is 2.60. The molecule has 0 amide bonds. The topological polar surface area (TPSA) is 46.2 Å². The van der Waals surface area contributed by atoms with Crippen molar-refractivity contribution in [3.63, 3.8) is 0 Å². The van der Waals surface area contributed by atoms with Crippen LogP contribution in [-0.2, 0) is 9.84 Å². The van der Waals surface area contributed by atoms with Crippen molar-refractivity contribution < 1.29 is 8.42 Å². The van der Waals surface area contributed by atoms with Gasteiger partial charge in [0.25, 0.3) is 0 Å². The Labute approximate surface area is 86.2 Å². The molecule has 2 unspecified atom stereocenters. The van der Waals surface area contributed by atoms with Gasteiger partial charge in [-0.05, 0) is 43.7 Å². The molecule has 2 rings (SSSR count). The standard InChI is InChI=1S/C10H19NO2S/c1-2-4-11-7-9-6-10(9)3-5-14(12,13)8-10/h9,11H,2-8H2,1H3. The average molecular weight is 217 g/mol. The molecular weight excluding hydrogens is 198 g/mol. The van der Waals surface area contributed by atoms with Gasteiger partial charge in [-0.15, -0.1) is 0 Å². The molecule has 4 heteroatoms. The monoisotopic (exact) mass is 217 g/mol. The van der Waals surface area contributed by atoms with E-state index in [9.17, 15) is 8.42 Å². The highest BCUT2D eigenvalue weighted by Gasteiger charge is 2.58. The highest BCUT2D eigenvalue weighted by Crippen LogP contribution is 2.58. The molecular formula is C10H19NO2S. The molecule has 1 N–H and O–H groups in total. The van der Waals surface area contributed by atoms with Crippen LogP contribution in [0.3, 0.4) is 0 Å². The zero-order valence-electron chi connectivity index (χ0n) is 8.75. The Bertz CT molecular complexity index is 312. The first-order valence-corrected chi connectivity index (χ1v) is 7.31. The molecule has 1 saturated heterocycles. The second kappa shape index (κ2) is 3.49. The largest absolute Gasteiger partial charge is 0.316 e. The summed E-state index contributed by atoms with van der Waals surface area (Å²) in [6.07, 6.45) is 3.19. The van der Waals surface area contributed by atoms with Gasteiger partial charge in [-0.2, -0.15) is 0 Å². The molecule has 1 heterocycles. The Hall–Kier alpha value is -0.0900. The average Bonchev–Trinajstić information content (AvgIpc) is 2.66. The summed E-state index contributed by atoms with van der Waals surface area (Å²) < 4.78 is 22.7. The van der Waals surface area contributed by atoms with E-state index in [1.54, 1.807) is 0 Å². The van der Waals surface area contributed by atoms with Crippen LogP contribution in [0.1, 0.15) is 26.2 Å². The zero-order valence-corrected chi connectivity index (χ0v) is 9.57. The van der Waals surface area contributed by atoms with E-state index in [2.05, 4.69) is 12.2 Å². The smallest absolute Gasteiger partial charge is 0.150 e. The molecule has 0 aromatic heterocycles. The molecule has 82 valence electrons. The van der Waals surface area contributed by atoms with E-state index >= 15 is 0 Å². The minimum absolute atomic E-state index is 0.194. The molecule has 1 aliphatic heterocycles. The summed E-state index contributed by atoms with van der Waals surface area (Å²) in [5.41, 5.74) is 0.194. The first-order chi connectivity index (χ1) is 6.58. The van der Waals surface area contributed by atoms with Crippen molar-refractivity contribution in [1.29, 1.82) is 0 Å². The van der Waals surface area contributed by atoms with Crippen LogP contribution >= 0.6 is 0 Å². The zero-order chi connectivity index (χ0) is 10.2. The summed E-state index contributed by atoms with van der Waals surface area (Å²) in [5.74, 6) is 1.52. The second-order valence-electron chi connectivity index (χ2n) is 4.81. The summed E-state index contributed by atoms with van der Waals surface area (Å²) in [6, 6.07) is 0. The molecule has 0 radical (unpaired) electrons. The summed E-state index contributed by atoms with van der Waals surface area (Å²) in [5, 5.41) is 3.38. The number of nitrogens with one attached hydrogen (secondary N) is 1. The first kappa shape index (κ1) is 10.4. The quantitative estimate of drug-likeness (QED) is 0.709. The molecule has 2 aliphatic rings. The Morgan fingerprint density at radius 2 is 2.29 bits per heavy atom. The van der Waals surface area contributed by atoms with Crippen molar-refractivity contribution in [1.82, 2.24) is 5.32 Å². The molecule has 14 heavy (non-hydrogen) atoms. The van der Waals surface area contributed by atoms with Crippen molar-refractivity contribution in [2.75, 3.05) is 24.6 Å².